The van der Waals surface area contributed by atoms with E-state index in [2.05, 4.69) is 27.4 Å². The van der Waals surface area contributed by atoms with Crippen molar-refractivity contribution >= 4 is 30.1 Å². The normalized spacial score (nSPS) is 18.1. The lowest BCUT2D eigenvalue weighted by molar-refractivity contribution is -0.161. The van der Waals surface area contributed by atoms with E-state index in [4.69, 9.17) is 4.74 Å². The van der Waals surface area contributed by atoms with Crippen molar-refractivity contribution in [1.29, 1.82) is 0 Å². The van der Waals surface area contributed by atoms with Crippen molar-refractivity contribution in [3.05, 3.63) is 89.7 Å². The van der Waals surface area contributed by atoms with E-state index in [1.807, 2.05) is 41.3 Å². The van der Waals surface area contributed by atoms with E-state index in [0.717, 1.165) is 43.6 Å². The lowest BCUT2D eigenvalue weighted by atomic mass is 9.81. The van der Waals surface area contributed by atoms with Crippen LogP contribution < -0.4 is 15.4 Å². The van der Waals surface area contributed by atoms with Gasteiger partial charge in [-0.2, -0.15) is 0 Å². The number of piperazine rings is 1. The van der Waals surface area contributed by atoms with Crippen molar-refractivity contribution in [2.75, 3.05) is 26.7 Å². The van der Waals surface area contributed by atoms with Gasteiger partial charge >= 0.3 is 0 Å². The van der Waals surface area contributed by atoms with Crippen LogP contribution in [0.3, 0.4) is 0 Å². The molecule has 0 bridgehead atoms. The van der Waals surface area contributed by atoms with Gasteiger partial charge in [0.25, 0.3) is 5.91 Å². The highest BCUT2D eigenvalue weighted by molar-refractivity contribution is 6.00. The summed E-state index contributed by atoms with van der Waals surface area (Å²) in [6.45, 7) is 4.92. The Hall–Kier alpha value is -3.95. The Morgan fingerprint density at radius 2 is 1.70 bits per heavy atom. The van der Waals surface area contributed by atoms with E-state index < -0.39 is 11.6 Å². The molecule has 10 heteroatoms. The number of aromatic nitrogens is 1. The highest BCUT2D eigenvalue weighted by Gasteiger charge is 2.53. The average Bonchev–Trinajstić information content (AvgIpc) is 3.02. The number of benzene rings is 2. The number of carbonyl (C=O) groups excluding carboxylic acids is 3. The molecule has 9 nitrogen and oxygen atoms in total. The molecule has 3 amide bonds. The largest absolute Gasteiger partial charge is 0.457 e. The van der Waals surface area contributed by atoms with Crippen LogP contribution >= 0.6 is 12.4 Å². The molecule has 2 fully saturated rings. The van der Waals surface area contributed by atoms with E-state index in [1.54, 1.807) is 43.7 Å². The van der Waals surface area contributed by atoms with Gasteiger partial charge in [0.15, 0.2) is 0 Å². The summed E-state index contributed by atoms with van der Waals surface area (Å²) in [6.07, 6.45) is 6.97. The van der Waals surface area contributed by atoms with Crippen molar-refractivity contribution in [3.63, 3.8) is 0 Å². The first-order valence-corrected chi connectivity index (χ1v) is 14.7. The quantitative estimate of drug-likeness (QED) is 0.356. The number of hydrogen-bond acceptors (Lipinski definition) is 6. The summed E-state index contributed by atoms with van der Waals surface area (Å²) < 4.78 is 5.95. The summed E-state index contributed by atoms with van der Waals surface area (Å²) in [5.41, 5.74) is 1.88. The number of pyridine rings is 1. The molecular formula is C33H40ClN5O4. The van der Waals surface area contributed by atoms with Crippen molar-refractivity contribution in [2.45, 2.75) is 57.2 Å². The molecule has 0 unspecified atom stereocenters. The van der Waals surface area contributed by atoms with Crippen LogP contribution in [0.5, 0.6) is 11.5 Å². The van der Waals surface area contributed by atoms with Crippen LogP contribution in [0.2, 0.25) is 0 Å². The molecule has 2 N–H and O–H groups in total. The number of ether oxygens (including phenoxy) is 1. The topological polar surface area (TPSA) is 104 Å². The number of nitrogens with zero attached hydrogens (tertiary/aromatic N) is 3. The summed E-state index contributed by atoms with van der Waals surface area (Å²) in [7, 11) is 1.60. The molecule has 2 aliphatic heterocycles. The monoisotopic (exact) mass is 605 g/mol. The number of likely N-dealkylation sites (tertiary alicyclic amines) is 1. The Bertz CT molecular complexity index is 1380. The van der Waals surface area contributed by atoms with Crippen LogP contribution in [0, 0.1) is 0 Å². The molecule has 1 spiro atoms. The number of unbranched alkanes of at least 4 members (excludes halogenated alkanes) is 1. The van der Waals surface area contributed by atoms with Gasteiger partial charge in [-0.3, -0.25) is 24.3 Å². The van der Waals surface area contributed by atoms with Crippen LogP contribution in [-0.2, 0) is 22.6 Å². The second-order valence-corrected chi connectivity index (χ2v) is 11.1. The molecule has 0 aliphatic carbocycles. The van der Waals surface area contributed by atoms with Gasteiger partial charge in [0.1, 0.15) is 23.1 Å². The summed E-state index contributed by atoms with van der Waals surface area (Å²) in [4.78, 5) is 47.5. The molecule has 2 aliphatic rings. The number of halogens is 1. The zero-order chi connectivity index (χ0) is 29.5. The summed E-state index contributed by atoms with van der Waals surface area (Å²) in [5, 5.41) is 5.68. The van der Waals surface area contributed by atoms with Crippen LogP contribution in [0.4, 0.5) is 0 Å². The van der Waals surface area contributed by atoms with Gasteiger partial charge in [-0.05, 0) is 72.9 Å². The van der Waals surface area contributed by atoms with E-state index in [9.17, 15) is 14.4 Å². The minimum Gasteiger partial charge on any atom is -0.457 e. The molecule has 2 aromatic carbocycles. The molecule has 0 radical (unpaired) electrons. The first-order valence-electron chi connectivity index (χ1n) is 14.7. The molecule has 5 rings (SSSR count). The third-order valence-electron chi connectivity index (χ3n) is 8.30. The number of hydrogen-bond donors (Lipinski definition) is 2. The summed E-state index contributed by atoms with van der Waals surface area (Å²) in [6, 6.07) is 18.2. The standard InChI is InChI=1S/C33H39N5O4.ClH/c1-3-4-18-38-31(40)29(21-25-6-5-17-35-22-25)36-32(41)33(38)15-19-37(20-16-33)23-24-7-11-27(12-8-24)42-28-13-9-26(10-14-28)30(39)34-2;/h5-14,17,22,29H,3-4,15-16,18-21,23H2,1-2H3,(H,34,39)(H,36,41);1H/t29-;/m0./s1. The fourth-order valence-corrected chi connectivity index (χ4v) is 5.86. The van der Waals surface area contributed by atoms with Crippen LogP contribution in [-0.4, -0.2) is 70.8 Å². The molecule has 3 heterocycles. The number of piperidine rings is 1. The lowest BCUT2D eigenvalue weighted by Crippen LogP contribution is -2.73. The van der Waals surface area contributed by atoms with Crippen LogP contribution in [0.15, 0.2) is 73.1 Å². The third kappa shape index (κ3) is 7.35. The first-order chi connectivity index (χ1) is 20.4. The molecule has 1 aromatic heterocycles. The molecule has 0 saturated carbocycles. The Kier molecular flexibility index (Phi) is 10.8. The Morgan fingerprint density at radius 1 is 1.02 bits per heavy atom. The summed E-state index contributed by atoms with van der Waals surface area (Å²) >= 11 is 0. The van der Waals surface area contributed by atoms with E-state index in [0.29, 0.717) is 42.9 Å². The minimum absolute atomic E-state index is 0. The van der Waals surface area contributed by atoms with Gasteiger partial charge in [0, 0.05) is 57.6 Å². The van der Waals surface area contributed by atoms with Gasteiger partial charge in [-0.1, -0.05) is 31.5 Å². The fourth-order valence-electron chi connectivity index (χ4n) is 5.86. The van der Waals surface area contributed by atoms with E-state index in [-0.39, 0.29) is 30.1 Å². The molecule has 43 heavy (non-hydrogen) atoms. The summed E-state index contributed by atoms with van der Waals surface area (Å²) in [5.74, 6) is 1.22. The Balaban J connectivity index is 0.00000423. The molecular weight excluding hydrogens is 566 g/mol. The van der Waals surface area contributed by atoms with Gasteiger partial charge in [-0.15, -0.1) is 12.4 Å². The highest BCUT2D eigenvalue weighted by atomic mass is 35.5. The van der Waals surface area contributed by atoms with Gasteiger partial charge in [0.05, 0.1) is 0 Å². The van der Waals surface area contributed by atoms with E-state index in [1.165, 1.54) is 0 Å². The van der Waals surface area contributed by atoms with Crippen molar-refractivity contribution in [3.8, 4) is 11.5 Å². The van der Waals surface area contributed by atoms with Crippen LogP contribution in [0.25, 0.3) is 0 Å². The molecule has 1 atom stereocenters. The maximum atomic E-state index is 13.7. The van der Waals surface area contributed by atoms with Crippen molar-refractivity contribution in [2.24, 2.45) is 0 Å². The number of rotatable bonds is 10. The maximum Gasteiger partial charge on any atom is 0.251 e. The number of amides is 3. The maximum absolute atomic E-state index is 13.7. The smallest absolute Gasteiger partial charge is 0.251 e. The van der Waals surface area contributed by atoms with Crippen molar-refractivity contribution < 1.29 is 19.1 Å². The fraction of sp³-hybridized carbons (Fsp3) is 0.394. The number of nitrogens with one attached hydrogen (secondary N) is 2. The first kappa shape index (κ1) is 32.0. The molecule has 3 aromatic rings. The van der Waals surface area contributed by atoms with Gasteiger partial charge < -0.3 is 20.3 Å². The van der Waals surface area contributed by atoms with Crippen molar-refractivity contribution in [1.82, 2.24) is 25.4 Å². The molecule has 2 saturated heterocycles. The van der Waals surface area contributed by atoms with E-state index >= 15 is 0 Å². The zero-order valence-electron chi connectivity index (χ0n) is 24.8. The predicted octanol–water partition coefficient (Wildman–Crippen LogP) is 4.36. The lowest BCUT2D eigenvalue weighted by Gasteiger charge is -2.51. The third-order valence-corrected chi connectivity index (χ3v) is 8.30. The SMILES string of the molecule is CCCCN1C(=O)[C@H](Cc2cccnc2)NC(=O)C12CCN(Cc1ccc(Oc3ccc(C(=O)NC)cc3)cc1)CC2.Cl. The number of carbonyl (C=O) groups is 3. The predicted molar refractivity (Wildman–Crippen MR) is 167 cm³/mol. The zero-order valence-corrected chi connectivity index (χ0v) is 25.6. The second-order valence-electron chi connectivity index (χ2n) is 11.1. The Labute approximate surface area is 259 Å². The minimum atomic E-state index is -0.792. The molecule has 228 valence electrons. The van der Waals surface area contributed by atoms with Gasteiger partial charge in [-0.25, -0.2) is 0 Å². The second kappa shape index (κ2) is 14.5. The highest BCUT2D eigenvalue weighted by Crippen LogP contribution is 2.34. The Morgan fingerprint density at radius 3 is 2.30 bits per heavy atom. The van der Waals surface area contributed by atoms with Crippen LogP contribution in [0.1, 0.15) is 54.1 Å². The average molecular weight is 606 g/mol. The van der Waals surface area contributed by atoms with Gasteiger partial charge in [0.2, 0.25) is 11.8 Å².